The van der Waals surface area contributed by atoms with Crippen molar-refractivity contribution in [3.63, 3.8) is 0 Å². The Kier molecular flexibility index (Phi) is 3.75. The highest BCUT2D eigenvalue weighted by Gasteiger charge is 2.22. The molecular formula is C13H12ClN3O2S2. The highest BCUT2D eigenvalue weighted by atomic mass is 35.5. The second-order valence-corrected chi connectivity index (χ2v) is 8.20. The Morgan fingerprint density at radius 1 is 1.33 bits per heavy atom. The maximum Gasteiger partial charge on any atom is 0.277 e. The molecule has 0 amide bonds. The van der Waals surface area contributed by atoms with Crippen LogP contribution in [0, 0.1) is 0 Å². The predicted octanol–water partition coefficient (Wildman–Crippen LogP) is 2.49. The van der Waals surface area contributed by atoms with Crippen molar-refractivity contribution in [1.29, 1.82) is 0 Å². The molecule has 0 unspecified atom stereocenters. The Morgan fingerprint density at radius 2 is 2.14 bits per heavy atom. The van der Waals surface area contributed by atoms with Crippen LogP contribution >= 0.6 is 22.9 Å². The number of hydrogen-bond acceptors (Lipinski definition) is 5. The molecule has 21 heavy (non-hydrogen) atoms. The van der Waals surface area contributed by atoms with E-state index in [1.807, 2.05) is 0 Å². The lowest BCUT2D eigenvalue weighted by Crippen LogP contribution is -2.10. The van der Waals surface area contributed by atoms with Crippen LogP contribution in [0.2, 0.25) is 4.34 Å². The average Bonchev–Trinajstić information content (AvgIpc) is 3.05. The Hall–Kier alpha value is -1.41. The van der Waals surface area contributed by atoms with Gasteiger partial charge in [-0.25, -0.2) is 3.97 Å². The lowest BCUT2D eigenvalue weighted by molar-refractivity contribution is 0.591. The van der Waals surface area contributed by atoms with Crippen LogP contribution < -0.4 is 5.73 Å². The van der Waals surface area contributed by atoms with Gasteiger partial charge >= 0.3 is 0 Å². The minimum Gasteiger partial charge on any atom is -0.330 e. The molecule has 0 saturated heterocycles. The van der Waals surface area contributed by atoms with E-state index in [4.69, 9.17) is 17.3 Å². The summed E-state index contributed by atoms with van der Waals surface area (Å²) < 4.78 is 27.4. The summed E-state index contributed by atoms with van der Waals surface area (Å²) in [6, 6.07) is 4.77. The van der Waals surface area contributed by atoms with Gasteiger partial charge in [0.25, 0.3) is 10.0 Å². The van der Waals surface area contributed by atoms with Gasteiger partial charge in [-0.05, 0) is 36.7 Å². The molecule has 0 saturated carbocycles. The highest BCUT2D eigenvalue weighted by molar-refractivity contribution is 7.92. The van der Waals surface area contributed by atoms with Gasteiger partial charge in [0.15, 0.2) is 0 Å². The second-order valence-electron chi connectivity index (χ2n) is 4.45. The average molecular weight is 342 g/mol. The Morgan fingerprint density at radius 3 is 2.81 bits per heavy atom. The van der Waals surface area contributed by atoms with Gasteiger partial charge in [-0.3, -0.25) is 4.98 Å². The molecule has 0 aliphatic carbocycles. The number of rotatable bonds is 4. The molecule has 5 nitrogen and oxygen atoms in total. The minimum absolute atomic E-state index is 0.209. The third-order valence-corrected chi connectivity index (χ3v) is 6.50. The Balaban J connectivity index is 2.25. The van der Waals surface area contributed by atoms with Crippen LogP contribution in [0.15, 0.2) is 41.0 Å². The lowest BCUT2D eigenvalue weighted by atomic mass is 10.2. The van der Waals surface area contributed by atoms with Crippen molar-refractivity contribution in [3.05, 3.63) is 46.7 Å². The molecule has 0 fully saturated rings. The molecule has 3 aromatic rings. The Bertz CT molecular complexity index is 899. The van der Waals surface area contributed by atoms with Gasteiger partial charge in [0, 0.05) is 24.0 Å². The van der Waals surface area contributed by atoms with Gasteiger partial charge < -0.3 is 5.73 Å². The molecule has 0 aliphatic heterocycles. The molecule has 0 radical (unpaired) electrons. The number of aromatic nitrogens is 2. The molecule has 0 aliphatic rings. The number of nitrogens with zero attached hydrogens (tertiary/aromatic N) is 2. The second kappa shape index (κ2) is 5.42. The van der Waals surface area contributed by atoms with Gasteiger partial charge in [0.2, 0.25) is 0 Å². The molecule has 3 aromatic heterocycles. The number of pyridine rings is 1. The summed E-state index contributed by atoms with van der Waals surface area (Å²) in [5, 5.41) is 0.800. The fourth-order valence-electron chi connectivity index (χ4n) is 2.19. The number of hydrogen-bond donors (Lipinski definition) is 1. The van der Waals surface area contributed by atoms with Gasteiger partial charge in [-0.2, -0.15) is 8.42 Å². The topological polar surface area (TPSA) is 78.0 Å². The van der Waals surface area contributed by atoms with E-state index in [-0.39, 0.29) is 4.21 Å². The molecular weight excluding hydrogens is 330 g/mol. The van der Waals surface area contributed by atoms with Crippen LogP contribution in [0.5, 0.6) is 0 Å². The summed E-state index contributed by atoms with van der Waals surface area (Å²) in [7, 11) is -3.66. The molecule has 0 spiro atoms. The molecule has 110 valence electrons. The van der Waals surface area contributed by atoms with Crippen LogP contribution in [0.1, 0.15) is 5.56 Å². The normalized spacial score (nSPS) is 12.1. The van der Waals surface area contributed by atoms with Gasteiger partial charge in [0.05, 0.1) is 9.85 Å². The van der Waals surface area contributed by atoms with Crippen molar-refractivity contribution < 1.29 is 8.42 Å². The maximum atomic E-state index is 12.7. The summed E-state index contributed by atoms with van der Waals surface area (Å²) in [4.78, 5) is 4.06. The maximum absolute atomic E-state index is 12.7. The zero-order valence-corrected chi connectivity index (χ0v) is 13.2. The summed E-state index contributed by atoms with van der Waals surface area (Å²) >= 11 is 6.88. The first kappa shape index (κ1) is 14.5. The summed E-state index contributed by atoms with van der Waals surface area (Å²) in [6.45, 7) is 0.443. The lowest BCUT2D eigenvalue weighted by Gasteiger charge is -2.04. The fraction of sp³-hybridized carbons (Fsp3) is 0.154. The quantitative estimate of drug-likeness (QED) is 0.790. The first-order chi connectivity index (χ1) is 10.0. The van der Waals surface area contributed by atoms with Crippen LogP contribution in [-0.2, 0) is 16.4 Å². The van der Waals surface area contributed by atoms with E-state index in [0.717, 1.165) is 22.3 Å². The molecule has 3 heterocycles. The van der Waals surface area contributed by atoms with E-state index >= 15 is 0 Å². The van der Waals surface area contributed by atoms with Crippen LogP contribution in [0.3, 0.4) is 0 Å². The van der Waals surface area contributed by atoms with Crippen molar-refractivity contribution in [2.24, 2.45) is 5.73 Å². The van der Waals surface area contributed by atoms with Crippen LogP contribution in [0.25, 0.3) is 10.9 Å². The van der Waals surface area contributed by atoms with E-state index < -0.39 is 10.0 Å². The Labute approximate surface area is 131 Å². The largest absolute Gasteiger partial charge is 0.330 e. The molecule has 0 atom stereocenters. The SMILES string of the molecule is NCCc1cn(S(=O)(=O)c2ccc(Cl)s2)c2ccncc12. The van der Waals surface area contributed by atoms with Crippen molar-refractivity contribution in [2.75, 3.05) is 6.54 Å². The summed E-state index contributed by atoms with van der Waals surface area (Å²) in [5.41, 5.74) is 7.05. The van der Waals surface area contributed by atoms with E-state index in [9.17, 15) is 8.42 Å². The first-order valence-electron chi connectivity index (χ1n) is 6.19. The van der Waals surface area contributed by atoms with Gasteiger partial charge in [0.1, 0.15) is 4.21 Å². The van der Waals surface area contributed by atoms with Crippen LogP contribution in [-0.4, -0.2) is 23.9 Å². The molecule has 8 heteroatoms. The van der Waals surface area contributed by atoms with E-state index in [1.165, 1.54) is 10.0 Å². The standard InChI is InChI=1S/C13H12ClN3O2S2/c14-12-1-2-13(20-12)21(18,19)17-8-9(3-5-15)10-7-16-6-4-11(10)17/h1-2,4,6-8H,3,5,15H2. The zero-order valence-electron chi connectivity index (χ0n) is 10.9. The van der Waals surface area contributed by atoms with E-state index in [1.54, 1.807) is 30.7 Å². The van der Waals surface area contributed by atoms with Crippen molar-refractivity contribution >= 4 is 43.9 Å². The number of halogens is 1. The number of fused-ring (bicyclic) bond motifs is 1. The number of nitrogens with two attached hydrogens (primary N) is 1. The third-order valence-electron chi connectivity index (χ3n) is 3.13. The molecule has 3 rings (SSSR count). The number of thiophene rings is 1. The fourth-order valence-corrected chi connectivity index (χ4v) is 5.16. The van der Waals surface area contributed by atoms with Gasteiger partial charge in [-0.1, -0.05) is 11.6 Å². The summed E-state index contributed by atoms with van der Waals surface area (Å²) in [5.74, 6) is 0. The molecule has 2 N–H and O–H groups in total. The van der Waals surface area contributed by atoms with Crippen molar-refractivity contribution in [3.8, 4) is 0 Å². The van der Waals surface area contributed by atoms with Gasteiger partial charge in [-0.15, -0.1) is 11.3 Å². The predicted molar refractivity (Wildman–Crippen MR) is 84.4 cm³/mol. The van der Waals surface area contributed by atoms with Crippen molar-refractivity contribution in [2.45, 2.75) is 10.6 Å². The first-order valence-corrected chi connectivity index (χ1v) is 8.82. The molecule has 0 bridgehead atoms. The van der Waals surface area contributed by atoms with Crippen molar-refractivity contribution in [1.82, 2.24) is 8.96 Å². The van der Waals surface area contributed by atoms with Crippen LogP contribution in [0.4, 0.5) is 0 Å². The third kappa shape index (κ3) is 2.46. The van der Waals surface area contributed by atoms with E-state index in [0.29, 0.717) is 22.8 Å². The van der Waals surface area contributed by atoms with E-state index in [2.05, 4.69) is 4.98 Å². The monoisotopic (exact) mass is 341 g/mol. The highest BCUT2D eigenvalue weighted by Crippen LogP contribution is 2.30. The molecule has 0 aromatic carbocycles. The zero-order chi connectivity index (χ0) is 15.0. The smallest absolute Gasteiger partial charge is 0.277 e. The summed E-state index contributed by atoms with van der Waals surface area (Å²) in [6.07, 6.45) is 5.44. The minimum atomic E-state index is -3.66.